The Balaban J connectivity index is 0.00000363. The first-order valence-corrected chi connectivity index (χ1v) is 21.4. The van der Waals surface area contributed by atoms with Gasteiger partial charge in [0.2, 0.25) is 27.6 Å². The molecule has 0 spiro atoms. The molecule has 1 amide bonds. The van der Waals surface area contributed by atoms with E-state index in [2.05, 4.69) is 64.1 Å². The van der Waals surface area contributed by atoms with Crippen LogP contribution in [0.3, 0.4) is 0 Å². The zero-order valence-corrected chi connectivity index (χ0v) is 43.2. The summed E-state index contributed by atoms with van der Waals surface area (Å²) in [5, 5.41) is 56.8. The Hall–Kier alpha value is -2.59. The van der Waals surface area contributed by atoms with E-state index < -0.39 is 38.5 Å². The summed E-state index contributed by atoms with van der Waals surface area (Å²) in [6.45, 7) is -0.862. The Morgan fingerprint density at radius 1 is 0.766 bits per heavy atom. The fourth-order valence-corrected chi connectivity index (χ4v) is 7.71. The van der Waals surface area contributed by atoms with Crippen molar-refractivity contribution >= 4 is 113 Å². The molecule has 0 atom stereocenters. The molecule has 6 rings (SSSR count). The Kier molecular flexibility index (Phi) is 22.7. The zero-order chi connectivity index (χ0) is 43.6. The molecule has 5 aromatic carbocycles. The first-order valence-electron chi connectivity index (χ1n) is 16.6. The van der Waals surface area contributed by atoms with Gasteiger partial charge in [0.05, 0.1) is 51.9 Å². The van der Waals surface area contributed by atoms with Crippen molar-refractivity contribution in [1.82, 2.24) is 15.0 Å². The molecular weight excluding hydrogens is 977 g/mol. The third-order valence-electron chi connectivity index (χ3n) is 7.74. The molecule has 1 heterocycles. The number of phenolic OH excluding ortho intramolecular Hbond substituents is 1. The number of rotatable bonds is 19. The average molecular weight is 1000 g/mol. The Morgan fingerprint density at radius 2 is 1.41 bits per heavy atom. The van der Waals surface area contributed by atoms with Crippen molar-refractivity contribution < 1.29 is 153 Å². The van der Waals surface area contributed by atoms with Crippen LogP contribution < -0.4 is 115 Å². The molecule has 0 bridgehead atoms. The topological polar surface area (TPSA) is 320 Å². The molecule has 0 saturated heterocycles. The summed E-state index contributed by atoms with van der Waals surface area (Å²) in [6, 6.07) is 23.9. The largest absolute Gasteiger partial charge is 1.00 e. The van der Waals surface area contributed by atoms with Gasteiger partial charge in [0.25, 0.3) is 5.91 Å². The second kappa shape index (κ2) is 26.1. The number of aromatic hydroxyl groups is 1. The number of anilines is 5. The minimum atomic E-state index is -5.06. The van der Waals surface area contributed by atoms with Crippen LogP contribution in [0, 0.1) is 0 Å². The van der Waals surface area contributed by atoms with Gasteiger partial charge in [0.1, 0.15) is 5.69 Å². The molecule has 30 heteroatoms. The summed E-state index contributed by atoms with van der Waals surface area (Å²) in [4.78, 5) is 26.1. The third kappa shape index (κ3) is 16.3. The fourth-order valence-electron chi connectivity index (χ4n) is 5.16. The Morgan fingerprint density at radius 3 is 2.08 bits per heavy atom. The summed E-state index contributed by atoms with van der Waals surface area (Å²) in [5.74, 6) is -1.68. The molecule has 0 aliphatic carbocycles. The minimum Gasteiger partial charge on any atom is -0.726 e. The van der Waals surface area contributed by atoms with E-state index in [0.717, 1.165) is 0 Å². The van der Waals surface area contributed by atoms with Crippen LogP contribution in [-0.2, 0) is 43.2 Å². The van der Waals surface area contributed by atoms with Crippen LogP contribution in [0.5, 0.6) is 5.75 Å². The number of benzene rings is 5. The van der Waals surface area contributed by atoms with E-state index in [-0.39, 0.29) is 149 Å². The number of fused-ring (bicyclic) bond motifs is 1. The predicted octanol–water partition coefficient (Wildman–Crippen LogP) is -3.74. The quantitative estimate of drug-likeness (QED) is 0.0115. The number of amides is 1. The molecule has 64 heavy (non-hydrogen) atoms. The van der Waals surface area contributed by atoms with Gasteiger partial charge in [-0.15, -0.1) is 5.11 Å². The number of halogens is 1. The average Bonchev–Trinajstić information content (AvgIpc) is 3.22. The molecule has 318 valence electrons. The normalized spacial score (nSPS) is 11.3. The maximum absolute atomic E-state index is 13.1. The van der Waals surface area contributed by atoms with Gasteiger partial charge < -0.3 is 36.1 Å². The molecule has 6 aromatic rings. The third-order valence-corrected chi connectivity index (χ3v) is 11.2. The van der Waals surface area contributed by atoms with Crippen LogP contribution in [0.25, 0.3) is 10.8 Å². The van der Waals surface area contributed by atoms with Crippen molar-refractivity contribution in [2.24, 2.45) is 10.2 Å². The van der Waals surface area contributed by atoms with Crippen LogP contribution in [0.4, 0.5) is 40.3 Å². The summed E-state index contributed by atoms with van der Waals surface area (Å²) in [6.07, 6.45) is 0. The first kappa shape index (κ1) is 55.7. The van der Waals surface area contributed by atoms with E-state index in [1.54, 1.807) is 48.5 Å². The maximum atomic E-state index is 13.1. The molecule has 0 saturated carbocycles. The number of nitrogens with one attached hydrogen (secondary N) is 3. The number of aromatic nitrogens is 3. The molecule has 1 aromatic heterocycles. The number of carbonyl (C=O) groups excluding carboxylic acids is 1. The van der Waals surface area contributed by atoms with Crippen molar-refractivity contribution in [2.75, 3.05) is 28.3 Å². The Bertz CT molecular complexity index is 2830. The molecule has 0 aliphatic rings. The van der Waals surface area contributed by atoms with E-state index in [0.29, 0.717) is 45.7 Å². The number of azo groups is 1. The monoisotopic (exact) mass is 1000 g/mol. The van der Waals surface area contributed by atoms with Crippen molar-refractivity contribution in [3.8, 4) is 5.75 Å². The second-order valence-corrected chi connectivity index (χ2v) is 16.8. The smallest absolute Gasteiger partial charge is 0.726 e. The summed E-state index contributed by atoms with van der Waals surface area (Å²) in [5.41, 5.74) is 1.26. The summed E-state index contributed by atoms with van der Waals surface area (Å²) >= 11 is 7.33. The van der Waals surface area contributed by atoms with Gasteiger partial charge in [-0.2, -0.15) is 28.7 Å². The predicted molar refractivity (Wildman–Crippen MR) is 212 cm³/mol. The molecule has 0 radical (unpaired) electrons. The zero-order valence-electron chi connectivity index (χ0n) is 33.2. The van der Waals surface area contributed by atoms with Gasteiger partial charge in [-0.05, 0) is 95.8 Å². The van der Waals surface area contributed by atoms with E-state index in [9.17, 15) is 41.8 Å². The number of sulfone groups is 1. The number of hydrogen-bond donors (Lipinski definition) is 4. The number of nitrogens with zero attached hydrogens (tertiary/aromatic N) is 5. The fraction of sp³-hybridized carbons (Fsp3) is 0.0588. The van der Waals surface area contributed by atoms with Crippen LogP contribution in [0.1, 0.15) is 10.4 Å². The first-order chi connectivity index (χ1) is 29.2. The molecular formula is C34H24ClN8Na3O14S4. The van der Waals surface area contributed by atoms with E-state index in [4.69, 9.17) is 11.6 Å². The Labute approximate surface area is 443 Å². The van der Waals surface area contributed by atoms with Crippen LogP contribution in [0.2, 0.25) is 5.28 Å². The standard InChI is InChI=1S/C34H27ClN8O14S4.3Na/c35-32-39-33(37-22-4-2-6-25(17-22)58-56-54-46)41-34(40-32)38-23-8-7-19-16-28(59-57-55-47)29(30(44)27(19)18-23)43-42-24-5-1-3-20(15-24)31(45)36-21-9-11-26(12-10-21)60(48,49)14-13-53-61(50,51)52;;;/h1-12,15-18,44,46-47H,13-14H2,(H,36,45)(H,50,51,52)(H2,37,38,39,40,41);;;/q;3*+1/p-3. The minimum absolute atomic E-state index is 0. The van der Waals surface area contributed by atoms with Gasteiger partial charge in [-0.25, -0.2) is 16.8 Å². The molecule has 0 fully saturated rings. The van der Waals surface area contributed by atoms with Crippen molar-refractivity contribution in [1.29, 1.82) is 0 Å². The van der Waals surface area contributed by atoms with E-state index in [1.165, 1.54) is 48.5 Å². The van der Waals surface area contributed by atoms with Crippen molar-refractivity contribution in [2.45, 2.75) is 14.7 Å². The summed E-state index contributed by atoms with van der Waals surface area (Å²) in [7, 11) is -9.07. The van der Waals surface area contributed by atoms with Crippen molar-refractivity contribution in [3.05, 3.63) is 108 Å². The van der Waals surface area contributed by atoms with Gasteiger partial charge >= 0.3 is 88.7 Å². The molecule has 22 nitrogen and oxygen atoms in total. The molecule has 0 unspecified atom stereocenters. The number of phenols is 1. The second-order valence-electron chi connectivity index (χ2n) is 11.8. The van der Waals surface area contributed by atoms with Crippen LogP contribution in [-0.4, -0.2) is 59.7 Å². The van der Waals surface area contributed by atoms with Crippen LogP contribution >= 0.6 is 35.7 Å². The van der Waals surface area contributed by atoms with E-state index >= 15 is 0 Å². The van der Waals surface area contributed by atoms with Gasteiger partial charge in [-0.3, -0.25) is 19.1 Å². The van der Waals surface area contributed by atoms with Crippen molar-refractivity contribution in [3.63, 3.8) is 0 Å². The van der Waals surface area contributed by atoms with Crippen LogP contribution in [0.15, 0.2) is 122 Å². The maximum Gasteiger partial charge on any atom is 1.00 e. The number of carbonyl (C=O) groups is 1. The van der Waals surface area contributed by atoms with E-state index in [1.807, 2.05) is 0 Å². The SMILES string of the molecule is O=C(Nc1ccc(S(=O)(=O)CCOS(=O)(=O)[O-])cc1)c1cccc(N=Nc2c(SOO[O-])cc3ccc(Nc4nc(Cl)nc(Nc5cccc(SOO[O-])c5)n4)cc3c2O)c1.[Na+].[Na+].[Na+]. The van der Waals surface area contributed by atoms with Gasteiger partial charge in [0, 0.05) is 32.9 Å². The summed E-state index contributed by atoms with van der Waals surface area (Å²) < 4.78 is 69.5. The molecule has 4 N–H and O–H groups in total. The number of hydrogen-bond acceptors (Lipinski definition) is 23. The van der Waals surface area contributed by atoms with Gasteiger partial charge in [0.15, 0.2) is 15.6 Å². The molecule has 0 aliphatic heterocycles. The van der Waals surface area contributed by atoms with Gasteiger partial charge in [-0.1, -0.05) is 18.2 Å².